The minimum atomic E-state index is 0.946. The predicted molar refractivity (Wildman–Crippen MR) is 73.1 cm³/mol. The van der Waals surface area contributed by atoms with Gasteiger partial charge in [-0.2, -0.15) is 0 Å². The van der Waals surface area contributed by atoms with Crippen molar-refractivity contribution in [2.75, 3.05) is 7.11 Å². The van der Waals surface area contributed by atoms with E-state index in [2.05, 4.69) is 76.4 Å². The van der Waals surface area contributed by atoms with Crippen molar-refractivity contribution in [1.82, 2.24) is 0 Å². The van der Waals surface area contributed by atoms with Crippen LogP contribution >= 0.6 is 45.2 Å². The molecule has 0 unspecified atom stereocenters. The topological polar surface area (TPSA) is 9.23 Å². The van der Waals surface area contributed by atoms with Crippen LogP contribution in [0, 0.1) is 6.92 Å². The quantitative estimate of drug-likeness (QED) is 0.536. The SMILES string of the molecule is COC(=C(I)I)c1ccc(C)cc1. The Balaban J connectivity index is 3.07. The molecular weight excluding hydrogens is 390 g/mol. The monoisotopic (exact) mass is 400 g/mol. The molecule has 0 saturated heterocycles. The van der Waals surface area contributed by atoms with Gasteiger partial charge in [0.2, 0.25) is 0 Å². The van der Waals surface area contributed by atoms with E-state index in [1.807, 2.05) is 0 Å². The molecule has 13 heavy (non-hydrogen) atoms. The van der Waals surface area contributed by atoms with Crippen molar-refractivity contribution in [1.29, 1.82) is 0 Å². The molecule has 0 N–H and O–H groups in total. The summed E-state index contributed by atoms with van der Waals surface area (Å²) in [7, 11) is 1.70. The zero-order valence-corrected chi connectivity index (χ0v) is 11.8. The largest absolute Gasteiger partial charge is 0.495 e. The second-order valence-corrected chi connectivity index (χ2v) is 6.88. The molecule has 1 aromatic rings. The van der Waals surface area contributed by atoms with Crippen molar-refractivity contribution in [2.45, 2.75) is 6.92 Å². The molecule has 1 rings (SSSR count). The number of aryl methyl sites for hydroxylation is 1. The first-order valence-electron chi connectivity index (χ1n) is 3.81. The average Bonchev–Trinajstić information content (AvgIpc) is 2.09. The Morgan fingerprint density at radius 2 is 1.69 bits per heavy atom. The molecule has 0 aromatic heterocycles. The van der Waals surface area contributed by atoms with Gasteiger partial charge in [-0.25, -0.2) is 0 Å². The van der Waals surface area contributed by atoms with E-state index in [0.717, 1.165) is 12.9 Å². The van der Waals surface area contributed by atoms with Gasteiger partial charge in [-0.3, -0.25) is 0 Å². The lowest BCUT2D eigenvalue weighted by molar-refractivity contribution is 0.371. The fourth-order valence-electron chi connectivity index (χ4n) is 1.01. The molecule has 70 valence electrons. The minimum Gasteiger partial charge on any atom is -0.495 e. The van der Waals surface area contributed by atoms with Gasteiger partial charge in [0, 0.05) is 5.56 Å². The van der Waals surface area contributed by atoms with E-state index in [9.17, 15) is 0 Å². The second-order valence-electron chi connectivity index (χ2n) is 2.66. The van der Waals surface area contributed by atoms with E-state index >= 15 is 0 Å². The van der Waals surface area contributed by atoms with Crippen LogP contribution in [-0.4, -0.2) is 7.11 Å². The fraction of sp³-hybridized carbons (Fsp3) is 0.200. The normalized spacial score (nSPS) is 9.54. The maximum absolute atomic E-state index is 5.30. The number of halogens is 2. The number of hydrogen-bond donors (Lipinski definition) is 0. The fourth-order valence-corrected chi connectivity index (χ4v) is 2.07. The molecule has 0 heterocycles. The summed E-state index contributed by atoms with van der Waals surface area (Å²) >= 11 is 4.52. The summed E-state index contributed by atoms with van der Waals surface area (Å²) in [4.78, 5) is 0. The van der Waals surface area contributed by atoms with E-state index in [-0.39, 0.29) is 0 Å². The van der Waals surface area contributed by atoms with Crippen LogP contribution in [0.3, 0.4) is 0 Å². The van der Waals surface area contributed by atoms with Gasteiger partial charge in [-0.1, -0.05) is 29.8 Å². The summed E-state index contributed by atoms with van der Waals surface area (Å²) in [5.74, 6) is 0.946. The Bertz CT molecular complexity index is 310. The number of ether oxygens (including phenoxy) is 1. The van der Waals surface area contributed by atoms with E-state index in [1.165, 1.54) is 5.56 Å². The molecule has 0 fully saturated rings. The molecule has 0 aliphatic heterocycles. The molecule has 0 amide bonds. The van der Waals surface area contributed by atoms with Crippen molar-refractivity contribution in [3.05, 3.63) is 37.0 Å². The minimum absolute atomic E-state index is 0.946. The Kier molecular flexibility index (Phi) is 4.51. The van der Waals surface area contributed by atoms with Gasteiger partial charge in [-0.05, 0) is 52.1 Å². The van der Waals surface area contributed by atoms with Crippen molar-refractivity contribution in [3.8, 4) is 0 Å². The van der Waals surface area contributed by atoms with Crippen LogP contribution in [0.15, 0.2) is 25.9 Å². The molecule has 1 nitrogen and oxygen atoms in total. The van der Waals surface area contributed by atoms with E-state index < -0.39 is 0 Å². The third kappa shape index (κ3) is 3.12. The number of hydrogen-bond acceptors (Lipinski definition) is 1. The van der Waals surface area contributed by atoms with Crippen LogP contribution in [0.5, 0.6) is 0 Å². The first kappa shape index (κ1) is 11.3. The Morgan fingerprint density at radius 3 is 2.08 bits per heavy atom. The van der Waals surface area contributed by atoms with Crippen LogP contribution in [0.4, 0.5) is 0 Å². The molecule has 0 aliphatic rings. The molecule has 0 atom stereocenters. The lowest BCUT2D eigenvalue weighted by Gasteiger charge is -2.06. The lowest BCUT2D eigenvalue weighted by atomic mass is 10.1. The highest BCUT2D eigenvalue weighted by atomic mass is 127. The summed E-state index contributed by atoms with van der Waals surface area (Å²) < 4.78 is 6.44. The van der Waals surface area contributed by atoms with Gasteiger partial charge in [0.15, 0.2) is 0 Å². The van der Waals surface area contributed by atoms with Gasteiger partial charge in [-0.15, -0.1) is 0 Å². The summed E-state index contributed by atoms with van der Waals surface area (Å²) in [5, 5.41) is 0. The van der Waals surface area contributed by atoms with Crippen LogP contribution in [0.2, 0.25) is 0 Å². The molecule has 0 aliphatic carbocycles. The molecule has 3 heteroatoms. The smallest absolute Gasteiger partial charge is 0.145 e. The van der Waals surface area contributed by atoms with Gasteiger partial charge in [0.25, 0.3) is 0 Å². The zero-order valence-electron chi connectivity index (χ0n) is 7.47. The first-order valence-corrected chi connectivity index (χ1v) is 5.97. The summed E-state index contributed by atoms with van der Waals surface area (Å²) in [6.45, 7) is 2.08. The van der Waals surface area contributed by atoms with Crippen molar-refractivity contribution in [3.63, 3.8) is 0 Å². The average molecular weight is 400 g/mol. The van der Waals surface area contributed by atoms with Crippen LogP contribution < -0.4 is 0 Å². The number of rotatable bonds is 2. The zero-order chi connectivity index (χ0) is 9.84. The molecule has 0 radical (unpaired) electrons. The van der Waals surface area contributed by atoms with E-state index in [0.29, 0.717) is 0 Å². The van der Waals surface area contributed by atoms with E-state index in [4.69, 9.17) is 4.74 Å². The second kappa shape index (κ2) is 5.19. The molecule has 0 saturated carbocycles. The van der Waals surface area contributed by atoms with Gasteiger partial charge in [0.1, 0.15) is 5.76 Å². The highest BCUT2D eigenvalue weighted by Gasteiger charge is 2.04. The Labute approximate surface area is 106 Å². The summed E-state index contributed by atoms with van der Waals surface area (Å²) in [6.07, 6.45) is 0. The molecule has 0 spiro atoms. The lowest BCUT2D eigenvalue weighted by Crippen LogP contribution is -1.87. The standard InChI is InChI=1S/C10H10I2O/c1-7-3-5-8(6-4-7)9(13-2)10(11)12/h3-6H,1-2H3. The maximum Gasteiger partial charge on any atom is 0.145 e. The van der Waals surface area contributed by atoms with Crippen LogP contribution in [0.1, 0.15) is 11.1 Å². The van der Waals surface area contributed by atoms with Gasteiger partial charge >= 0.3 is 0 Å². The van der Waals surface area contributed by atoms with Crippen LogP contribution in [-0.2, 0) is 4.74 Å². The van der Waals surface area contributed by atoms with Gasteiger partial charge < -0.3 is 4.74 Å². The highest BCUT2D eigenvalue weighted by molar-refractivity contribution is 14.2. The molecular formula is C10H10I2O. The van der Waals surface area contributed by atoms with Crippen molar-refractivity contribution >= 4 is 50.9 Å². The number of benzene rings is 1. The maximum atomic E-state index is 5.30. The first-order chi connectivity index (χ1) is 6.15. The molecule has 1 aromatic carbocycles. The molecule has 0 bridgehead atoms. The number of methoxy groups -OCH3 is 1. The Morgan fingerprint density at radius 1 is 1.15 bits per heavy atom. The Hall–Kier alpha value is 0.220. The van der Waals surface area contributed by atoms with Crippen molar-refractivity contribution < 1.29 is 4.74 Å². The predicted octanol–water partition coefficient (Wildman–Crippen LogP) is 4.14. The summed E-state index contributed by atoms with van der Waals surface area (Å²) in [6, 6.07) is 8.33. The van der Waals surface area contributed by atoms with Crippen LogP contribution in [0.25, 0.3) is 5.76 Å². The third-order valence-corrected chi connectivity index (χ3v) is 2.67. The highest BCUT2D eigenvalue weighted by Crippen LogP contribution is 2.28. The third-order valence-electron chi connectivity index (χ3n) is 1.69. The van der Waals surface area contributed by atoms with E-state index in [1.54, 1.807) is 7.11 Å². The summed E-state index contributed by atoms with van der Waals surface area (Å²) in [5.41, 5.74) is 2.40. The van der Waals surface area contributed by atoms with Gasteiger partial charge in [0.05, 0.1) is 8.70 Å². The van der Waals surface area contributed by atoms with Crippen molar-refractivity contribution in [2.24, 2.45) is 0 Å².